The van der Waals surface area contributed by atoms with Crippen LogP contribution in [-0.2, 0) is 12.4 Å². The topological polar surface area (TPSA) is 93.6 Å². The summed E-state index contributed by atoms with van der Waals surface area (Å²) in [5.74, 6) is 1.74. The highest BCUT2D eigenvalue weighted by molar-refractivity contribution is 7.98. The minimum absolute atomic E-state index is 0.194. The van der Waals surface area contributed by atoms with Gasteiger partial charge in [0.25, 0.3) is 5.91 Å². The van der Waals surface area contributed by atoms with Crippen LogP contribution in [-0.4, -0.2) is 35.2 Å². The van der Waals surface area contributed by atoms with Crippen molar-refractivity contribution < 1.29 is 19.4 Å². The zero-order valence-electron chi connectivity index (χ0n) is 17.0. The van der Waals surface area contributed by atoms with Crippen molar-refractivity contribution in [3.05, 3.63) is 71.2 Å². The monoisotopic (exact) mass is 425 g/mol. The van der Waals surface area contributed by atoms with Crippen LogP contribution in [0.4, 0.5) is 5.69 Å². The van der Waals surface area contributed by atoms with Crippen LogP contribution in [0.5, 0.6) is 11.5 Å². The third-order valence-electron chi connectivity index (χ3n) is 4.44. The Bertz CT molecular complexity index is 1040. The van der Waals surface area contributed by atoms with E-state index in [0.717, 1.165) is 11.1 Å². The SMILES string of the molecule is COc1ccc(CSc2ncccc2C(=O)Nc2cc(CO)ncc2C)c(OC)c1. The molecule has 2 N–H and O–H groups in total. The average Bonchev–Trinajstić information content (AvgIpc) is 2.79. The Hall–Kier alpha value is -3.10. The Labute approximate surface area is 179 Å². The molecule has 0 unspecified atom stereocenters. The number of nitrogens with one attached hydrogen (secondary N) is 1. The summed E-state index contributed by atoms with van der Waals surface area (Å²) in [6, 6.07) is 10.8. The minimum Gasteiger partial charge on any atom is -0.497 e. The Kier molecular flexibility index (Phi) is 7.26. The lowest BCUT2D eigenvalue weighted by Gasteiger charge is -2.13. The molecule has 7 nitrogen and oxygen atoms in total. The zero-order valence-corrected chi connectivity index (χ0v) is 17.8. The van der Waals surface area contributed by atoms with E-state index in [1.54, 1.807) is 44.8 Å². The maximum absolute atomic E-state index is 12.9. The van der Waals surface area contributed by atoms with Crippen LogP contribution in [0.3, 0.4) is 0 Å². The van der Waals surface area contributed by atoms with Crippen molar-refractivity contribution in [1.82, 2.24) is 9.97 Å². The van der Waals surface area contributed by atoms with E-state index in [1.165, 1.54) is 11.8 Å². The second-order valence-electron chi connectivity index (χ2n) is 6.43. The summed E-state index contributed by atoms with van der Waals surface area (Å²) in [4.78, 5) is 21.4. The number of aliphatic hydroxyl groups excluding tert-OH is 1. The Morgan fingerprint density at radius 3 is 2.73 bits per heavy atom. The van der Waals surface area contributed by atoms with Gasteiger partial charge >= 0.3 is 0 Å². The standard InChI is InChI=1S/C22H23N3O4S/c1-14-11-24-16(12-26)9-19(14)25-21(27)18-5-4-8-23-22(18)30-13-15-6-7-17(28-2)10-20(15)29-3/h4-11,26H,12-13H2,1-3H3,(H,24,25,27). The van der Waals surface area contributed by atoms with Gasteiger partial charge in [0.2, 0.25) is 0 Å². The molecule has 0 aliphatic heterocycles. The van der Waals surface area contributed by atoms with Gasteiger partial charge in [-0.1, -0.05) is 6.07 Å². The van der Waals surface area contributed by atoms with Crippen molar-refractivity contribution in [2.24, 2.45) is 0 Å². The molecule has 8 heteroatoms. The number of methoxy groups -OCH3 is 2. The lowest BCUT2D eigenvalue weighted by Crippen LogP contribution is -2.15. The lowest BCUT2D eigenvalue weighted by molar-refractivity contribution is 0.102. The molecule has 1 aromatic carbocycles. The van der Waals surface area contributed by atoms with Gasteiger partial charge in [-0.05, 0) is 36.8 Å². The van der Waals surface area contributed by atoms with E-state index < -0.39 is 0 Å². The first-order valence-electron chi connectivity index (χ1n) is 9.22. The van der Waals surface area contributed by atoms with Crippen LogP contribution in [0.15, 0.2) is 53.8 Å². The number of hydrogen-bond donors (Lipinski definition) is 2. The van der Waals surface area contributed by atoms with Gasteiger partial charge in [-0.25, -0.2) is 4.98 Å². The number of aromatic nitrogens is 2. The maximum atomic E-state index is 12.9. The third-order valence-corrected chi connectivity index (χ3v) is 5.50. The molecule has 156 valence electrons. The number of pyridine rings is 2. The fourth-order valence-corrected chi connectivity index (χ4v) is 3.76. The smallest absolute Gasteiger partial charge is 0.258 e. The molecule has 0 radical (unpaired) electrons. The van der Waals surface area contributed by atoms with Gasteiger partial charge in [0.1, 0.15) is 16.5 Å². The second kappa shape index (κ2) is 10.1. The zero-order chi connectivity index (χ0) is 21.5. The highest BCUT2D eigenvalue weighted by Gasteiger charge is 2.15. The average molecular weight is 426 g/mol. The molecule has 0 atom stereocenters. The van der Waals surface area contributed by atoms with E-state index in [-0.39, 0.29) is 12.5 Å². The summed E-state index contributed by atoms with van der Waals surface area (Å²) in [7, 11) is 3.22. The van der Waals surface area contributed by atoms with Gasteiger partial charge in [-0.15, -0.1) is 11.8 Å². The number of thioether (sulfide) groups is 1. The Morgan fingerprint density at radius 2 is 2.00 bits per heavy atom. The van der Waals surface area contributed by atoms with Crippen molar-refractivity contribution in [2.75, 3.05) is 19.5 Å². The van der Waals surface area contributed by atoms with Crippen molar-refractivity contribution in [2.45, 2.75) is 24.3 Å². The van der Waals surface area contributed by atoms with E-state index in [2.05, 4.69) is 15.3 Å². The van der Waals surface area contributed by atoms with Gasteiger partial charge in [0.15, 0.2) is 0 Å². The molecule has 0 bridgehead atoms. The number of benzene rings is 1. The first kappa shape index (κ1) is 21.6. The van der Waals surface area contributed by atoms with E-state index in [4.69, 9.17) is 9.47 Å². The molecule has 1 amide bonds. The third kappa shape index (κ3) is 5.08. The number of rotatable bonds is 8. The van der Waals surface area contributed by atoms with Crippen molar-refractivity contribution in [3.8, 4) is 11.5 Å². The van der Waals surface area contributed by atoms with Gasteiger partial charge in [-0.3, -0.25) is 9.78 Å². The van der Waals surface area contributed by atoms with Crippen LogP contribution in [0.25, 0.3) is 0 Å². The van der Waals surface area contributed by atoms with E-state index in [9.17, 15) is 9.90 Å². The molecule has 0 saturated carbocycles. The maximum Gasteiger partial charge on any atom is 0.258 e. The van der Waals surface area contributed by atoms with Gasteiger partial charge < -0.3 is 19.9 Å². The summed E-state index contributed by atoms with van der Waals surface area (Å²) in [5.41, 5.74) is 3.34. The minimum atomic E-state index is -0.273. The molecule has 2 heterocycles. The Morgan fingerprint density at radius 1 is 1.17 bits per heavy atom. The molecule has 30 heavy (non-hydrogen) atoms. The molecule has 0 saturated heterocycles. The van der Waals surface area contributed by atoms with E-state index in [1.807, 2.05) is 25.1 Å². The number of anilines is 1. The van der Waals surface area contributed by atoms with E-state index in [0.29, 0.717) is 39.2 Å². The number of aliphatic hydroxyl groups is 1. The molecule has 0 aliphatic rings. The van der Waals surface area contributed by atoms with Crippen LogP contribution in [0, 0.1) is 6.92 Å². The van der Waals surface area contributed by atoms with Crippen molar-refractivity contribution >= 4 is 23.4 Å². The molecule has 0 fully saturated rings. The lowest BCUT2D eigenvalue weighted by atomic mass is 10.2. The van der Waals surface area contributed by atoms with Crippen LogP contribution >= 0.6 is 11.8 Å². The number of carbonyl (C=O) groups excluding carboxylic acids is 1. The predicted molar refractivity (Wildman–Crippen MR) is 116 cm³/mol. The Balaban J connectivity index is 1.79. The summed E-state index contributed by atoms with van der Waals surface area (Å²) >= 11 is 1.45. The molecule has 2 aromatic heterocycles. The summed E-state index contributed by atoms with van der Waals surface area (Å²) in [6.07, 6.45) is 3.28. The number of hydrogen-bond acceptors (Lipinski definition) is 7. The van der Waals surface area contributed by atoms with Gasteiger partial charge in [-0.2, -0.15) is 0 Å². The molecule has 3 rings (SSSR count). The molecule has 0 spiro atoms. The van der Waals surface area contributed by atoms with Crippen molar-refractivity contribution in [1.29, 1.82) is 0 Å². The first-order chi connectivity index (χ1) is 14.5. The molecule has 3 aromatic rings. The number of aryl methyl sites for hydroxylation is 1. The highest BCUT2D eigenvalue weighted by atomic mass is 32.2. The largest absolute Gasteiger partial charge is 0.497 e. The predicted octanol–water partition coefficient (Wildman–Crippen LogP) is 3.84. The fraction of sp³-hybridized carbons (Fsp3) is 0.227. The summed E-state index contributed by atoms with van der Waals surface area (Å²) in [6.45, 7) is 1.65. The first-order valence-corrected chi connectivity index (χ1v) is 10.2. The van der Waals surface area contributed by atoms with Crippen LogP contribution < -0.4 is 14.8 Å². The normalized spacial score (nSPS) is 10.5. The van der Waals surface area contributed by atoms with Gasteiger partial charge in [0.05, 0.1) is 32.1 Å². The second-order valence-corrected chi connectivity index (χ2v) is 7.39. The molecular formula is C22H23N3O4S. The number of ether oxygens (including phenoxy) is 2. The van der Waals surface area contributed by atoms with Crippen LogP contribution in [0.1, 0.15) is 27.2 Å². The molecular weight excluding hydrogens is 402 g/mol. The summed E-state index contributed by atoms with van der Waals surface area (Å²) < 4.78 is 10.7. The molecule has 0 aliphatic carbocycles. The van der Waals surface area contributed by atoms with Crippen molar-refractivity contribution in [3.63, 3.8) is 0 Å². The number of nitrogens with zero attached hydrogens (tertiary/aromatic N) is 2. The summed E-state index contributed by atoms with van der Waals surface area (Å²) in [5, 5.41) is 12.8. The highest BCUT2D eigenvalue weighted by Crippen LogP contribution is 2.31. The van der Waals surface area contributed by atoms with E-state index >= 15 is 0 Å². The number of carbonyl (C=O) groups is 1. The fourth-order valence-electron chi connectivity index (χ4n) is 2.77. The van der Waals surface area contributed by atoms with Crippen LogP contribution in [0.2, 0.25) is 0 Å². The van der Waals surface area contributed by atoms with Gasteiger partial charge in [0, 0.05) is 35.5 Å². The number of amides is 1. The quantitative estimate of drug-likeness (QED) is 0.530.